The molecule has 18 heavy (non-hydrogen) atoms. The summed E-state index contributed by atoms with van der Waals surface area (Å²) in [6.45, 7) is 3.33. The molecular formula is C13H28N2O2S. The van der Waals surface area contributed by atoms with Crippen LogP contribution in [0.1, 0.15) is 39.0 Å². The van der Waals surface area contributed by atoms with E-state index in [0.717, 1.165) is 19.5 Å². The maximum Gasteiger partial charge on any atom is 0.150 e. The zero-order chi connectivity index (χ0) is 13.6. The van der Waals surface area contributed by atoms with Crippen LogP contribution in [0.25, 0.3) is 0 Å². The molecule has 0 aromatic rings. The van der Waals surface area contributed by atoms with Crippen molar-refractivity contribution >= 4 is 9.84 Å². The molecule has 0 saturated heterocycles. The number of sulfone groups is 1. The van der Waals surface area contributed by atoms with E-state index >= 15 is 0 Å². The van der Waals surface area contributed by atoms with Crippen molar-refractivity contribution in [3.8, 4) is 0 Å². The summed E-state index contributed by atoms with van der Waals surface area (Å²) in [6.07, 6.45) is 5.73. The number of nitrogens with two attached hydrogens (primary N) is 1. The molecule has 0 aromatic carbocycles. The van der Waals surface area contributed by atoms with Crippen LogP contribution in [0.3, 0.4) is 0 Å². The second kappa shape index (κ2) is 7.46. The van der Waals surface area contributed by atoms with Crippen molar-refractivity contribution in [1.29, 1.82) is 0 Å². The summed E-state index contributed by atoms with van der Waals surface area (Å²) in [4.78, 5) is 2.32. The Kier molecular flexibility index (Phi) is 6.60. The standard InChI is InChI=1S/C13H28N2O2S/c1-3-18(16,17)10-6-9-15(2)13-8-5-4-7-12(13)11-14/h12-13H,3-11,14H2,1-2H3. The summed E-state index contributed by atoms with van der Waals surface area (Å²) in [6, 6.07) is 0.549. The van der Waals surface area contributed by atoms with Crippen LogP contribution in [0.2, 0.25) is 0 Å². The Morgan fingerprint density at radius 1 is 1.28 bits per heavy atom. The zero-order valence-electron chi connectivity index (χ0n) is 11.8. The SMILES string of the molecule is CCS(=O)(=O)CCCN(C)C1CCCCC1CN. The summed E-state index contributed by atoms with van der Waals surface area (Å²) >= 11 is 0. The summed E-state index contributed by atoms with van der Waals surface area (Å²) in [5.74, 6) is 1.16. The maximum atomic E-state index is 11.4. The van der Waals surface area contributed by atoms with Gasteiger partial charge in [-0.1, -0.05) is 19.8 Å². The molecule has 4 nitrogen and oxygen atoms in total. The van der Waals surface area contributed by atoms with Gasteiger partial charge in [0.1, 0.15) is 9.84 Å². The topological polar surface area (TPSA) is 63.4 Å². The highest BCUT2D eigenvalue weighted by atomic mass is 32.2. The lowest BCUT2D eigenvalue weighted by Crippen LogP contribution is -2.43. The van der Waals surface area contributed by atoms with E-state index in [1.165, 1.54) is 25.7 Å². The predicted molar refractivity (Wildman–Crippen MR) is 76.4 cm³/mol. The second-order valence-corrected chi connectivity index (χ2v) is 7.89. The Balaban J connectivity index is 2.37. The second-order valence-electron chi connectivity index (χ2n) is 5.42. The Morgan fingerprint density at radius 3 is 2.56 bits per heavy atom. The van der Waals surface area contributed by atoms with Crippen molar-refractivity contribution in [2.24, 2.45) is 11.7 Å². The lowest BCUT2D eigenvalue weighted by molar-refractivity contribution is 0.134. The minimum atomic E-state index is -2.82. The van der Waals surface area contributed by atoms with Crippen LogP contribution in [0.5, 0.6) is 0 Å². The van der Waals surface area contributed by atoms with Gasteiger partial charge in [-0.05, 0) is 45.3 Å². The summed E-state index contributed by atoms with van der Waals surface area (Å²) in [5, 5.41) is 0. The minimum Gasteiger partial charge on any atom is -0.330 e. The first-order valence-corrected chi connectivity index (χ1v) is 8.93. The molecule has 0 radical (unpaired) electrons. The molecule has 0 heterocycles. The molecule has 0 aliphatic heterocycles. The van der Waals surface area contributed by atoms with Gasteiger partial charge in [0.15, 0.2) is 0 Å². The number of nitrogens with zero attached hydrogens (tertiary/aromatic N) is 1. The Bertz CT molecular complexity index is 330. The molecule has 2 N–H and O–H groups in total. The third-order valence-electron chi connectivity index (χ3n) is 4.14. The lowest BCUT2D eigenvalue weighted by Gasteiger charge is -2.37. The third-order valence-corrected chi connectivity index (χ3v) is 5.93. The Hall–Kier alpha value is -0.130. The fraction of sp³-hybridized carbons (Fsp3) is 1.00. The monoisotopic (exact) mass is 276 g/mol. The molecular weight excluding hydrogens is 248 g/mol. The molecule has 2 atom stereocenters. The smallest absolute Gasteiger partial charge is 0.150 e. The molecule has 5 heteroatoms. The quantitative estimate of drug-likeness (QED) is 0.760. The summed E-state index contributed by atoms with van der Waals surface area (Å²) < 4.78 is 22.9. The van der Waals surface area contributed by atoms with Crippen LogP contribution in [-0.4, -0.2) is 51.0 Å². The lowest BCUT2D eigenvalue weighted by atomic mass is 9.83. The van der Waals surface area contributed by atoms with E-state index in [9.17, 15) is 8.42 Å². The van der Waals surface area contributed by atoms with Gasteiger partial charge < -0.3 is 10.6 Å². The van der Waals surface area contributed by atoms with Gasteiger partial charge >= 0.3 is 0 Å². The first-order chi connectivity index (χ1) is 8.50. The molecule has 1 fully saturated rings. The fourth-order valence-corrected chi connectivity index (χ4v) is 3.74. The van der Waals surface area contributed by atoms with E-state index < -0.39 is 9.84 Å². The number of rotatable bonds is 7. The van der Waals surface area contributed by atoms with Crippen molar-refractivity contribution < 1.29 is 8.42 Å². The molecule has 2 unspecified atom stereocenters. The Labute approximate surface area is 112 Å². The highest BCUT2D eigenvalue weighted by Gasteiger charge is 2.26. The molecule has 1 aliphatic rings. The molecule has 0 amide bonds. The predicted octanol–water partition coefficient (Wildman–Crippen LogP) is 1.26. The Morgan fingerprint density at radius 2 is 1.94 bits per heavy atom. The van der Waals surface area contributed by atoms with Gasteiger partial charge in [0.25, 0.3) is 0 Å². The van der Waals surface area contributed by atoms with Gasteiger partial charge in [-0.2, -0.15) is 0 Å². The normalized spacial score (nSPS) is 25.6. The van der Waals surface area contributed by atoms with Crippen LogP contribution in [0.4, 0.5) is 0 Å². The van der Waals surface area contributed by atoms with Gasteiger partial charge in [-0.3, -0.25) is 0 Å². The van der Waals surface area contributed by atoms with Crippen LogP contribution in [0, 0.1) is 5.92 Å². The molecule has 1 rings (SSSR count). The average molecular weight is 276 g/mol. The average Bonchev–Trinajstić information content (AvgIpc) is 2.38. The fourth-order valence-electron chi connectivity index (χ4n) is 2.89. The summed E-state index contributed by atoms with van der Waals surface area (Å²) in [7, 11) is -0.708. The molecule has 0 aromatic heterocycles. The molecule has 0 bridgehead atoms. The van der Waals surface area contributed by atoms with Gasteiger partial charge in [-0.15, -0.1) is 0 Å². The zero-order valence-corrected chi connectivity index (χ0v) is 12.6. The third kappa shape index (κ3) is 4.86. The van der Waals surface area contributed by atoms with Gasteiger partial charge in [0, 0.05) is 11.8 Å². The van der Waals surface area contributed by atoms with Gasteiger partial charge in [0.05, 0.1) is 5.75 Å². The minimum absolute atomic E-state index is 0.256. The van der Waals surface area contributed by atoms with E-state index in [4.69, 9.17) is 5.73 Å². The van der Waals surface area contributed by atoms with Crippen molar-refractivity contribution in [2.45, 2.75) is 45.1 Å². The van der Waals surface area contributed by atoms with Crippen LogP contribution >= 0.6 is 0 Å². The van der Waals surface area contributed by atoms with Gasteiger partial charge in [0.2, 0.25) is 0 Å². The first-order valence-electron chi connectivity index (χ1n) is 7.11. The van der Waals surface area contributed by atoms with Crippen LogP contribution < -0.4 is 5.73 Å². The molecule has 108 valence electrons. The van der Waals surface area contributed by atoms with Crippen LogP contribution in [0.15, 0.2) is 0 Å². The van der Waals surface area contributed by atoms with E-state index in [1.807, 2.05) is 0 Å². The first kappa shape index (κ1) is 15.9. The maximum absolute atomic E-state index is 11.4. The van der Waals surface area contributed by atoms with Crippen molar-refractivity contribution in [3.05, 3.63) is 0 Å². The van der Waals surface area contributed by atoms with Crippen molar-refractivity contribution in [1.82, 2.24) is 4.90 Å². The van der Waals surface area contributed by atoms with E-state index in [2.05, 4.69) is 11.9 Å². The van der Waals surface area contributed by atoms with Gasteiger partial charge in [-0.25, -0.2) is 8.42 Å². The largest absolute Gasteiger partial charge is 0.330 e. The molecule has 1 aliphatic carbocycles. The number of hydrogen-bond donors (Lipinski definition) is 1. The summed E-state index contributed by atoms with van der Waals surface area (Å²) in [5.41, 5.74) is 5.83. The van der Waals surface area contributed by atoms with Crippen LogP contribution in [-0.2, 0) is 9.84 Å². The highest BCUT2D eigenvalue weighted by molar-refractivity contribution is 7.91. The highest BCUT2D eigenvalue weighted by Crippen LogP contribution is 2.27. The van der Waals surface area contributed by atoms with E-state index in [1.54, 1.807) is 6.92 Å². The van der Waals surface area contributed by atoms with Crippen molar-refractivity contribution in [3.63, 3.8) is 0 Å². The van der Waals surface area contributed by atoms with Crippen molar-refractivity contribution in [2.75, 3.05) is 31.6 Å². The number of hydrogen-bond acceptors (Lipinski definition) is 4. The molecule has 1 saturated carbocycles. The van der Waals surface area contributed by atoms with E-state index in [-0.39, 0.29) is 5.75 Å². The molecule has 0 spiro atoms. The van der Waals surface area contributed by atoms with E-state index in [0.29, 0.717) is 17.7 Å².